The van der Waals surface area contributed by atoms with Crippen LogP contribution in [-0.2, 0) is 24.6 Å². The van der Waals surface area contributed by atoms with Gasteiger partial charge in [-0.3, -0.25) is 14.3 Å². The van der Waals surface area contributed by atoms with Crippen LogP contribution in [0.2, 0.25) is 0 Å². The zero-order valence-electron chi connectivity index (χ0n) is 16.5. The third kappa shape index (κ3) is 3.44. The molecule has 3 aromatic rings. The lowest BCUT2D eigenvalue weighted by Crippen LogP contribution is -2.41. The van der Waals surface area contributed by atoms with Gasteiger partial charge >= 0.3 is 0 Å². The molecule has 0 spiro atoms. The minimum atomic E-state index is -0.0672. The monoisotopic (exact) mass is 388 g/mol. The fourth-order valence-electron chi connectivity index (χ4n) is 4.31. The van der Waals surface area contributed by atoms with E-state index in [1.54, 1.807) is 30.1 Å². The second kappa shape index (κ2) is 7.44. The number of morpholine rings is 1. The van der Waals surface area contributed by atoms with Gasteiger partial charge in [-0.15, -0.1) is 0 Å². The van der Waals surface area contributed by atoms with E-state index >= 15 is 0 Å². The lowest BCUT2D eigenvalue weighted by Gasteiger charge is -2.34. The molecule has 6 heteroatoms. The predicted molar refractivity (Wildman–Crippen MR) is 112 cm³/mol. The van der Waals surface area contributed by atoms with Crippen molar-refractivity contribution in [2.45, 2.75) is 25.4 Å². The van der Waals surface area contributed by atoms with Gasteiger partial charge in [-0.05, 0) is 48.1 Å². The van der Waals surface area contributed by atoms with Gasteiger partial charge in [0, 0.05) is 37.6 Å². The molecule has 0 saturated carbocycles. The smallest absolute Gasteiger partial charge is 0.255 e. The molecule has 0 amide bonds. The number of hydrogen-bond donors (Lipinski definition) is 0. The van der Waals surface area contributed by atoms with Crippen molar-refractivity contribution in [1.29, 1.82) is 0 Å². The van der Waals surface area contributed by atoms with E-state index in [0.717, 1.165) is 12.0 Å². The van der Waals surface area contributed by atoms with Crippen LogP contribution in [0.5, 0.6) is 0 Å². The Morgan fingerprint density at radius 1 is 1.07 bits per heavy atom. The third-order valence-electron chi connectivity index (χ3n) is 5.93. The largest absolute Gasteiger partial charge is 0.370 e. The number of pyridine rings is 1. The van der Waals surface area contributed by atoms with E-state index in [1.807, 2.05) is 12.1 Å². The molecule has 29 heavy (non-hydrogen) atoms. The Balaban J connectivity index is 1.46. The number of ether oxygens (including phenoxy) is 1. The lowest BCUT2D eigenvalue weighted by molar-refractivity contribution is 0.0389. The van der Waals surface area contributed by atoms with E-state index in [4.69, 9.17) is 9.72 Å². The number of nitrogens with zero attached hydrogens (tertiary/aromatic N) is 4. The Morgan fingerprint density at radius 2 is 1.90 bits per heavy atom. The van der Waals surface area contributed by atoms with Crippen LogP contribution in [-0.4, -0.2) is 34.2 Å². The van der Waals surface area contributed by atoms with Crippen molar-refractivity contribution in [2.75, 3.05) is 24.6 Å². The Kier molecular flexibility index (Phi) is 4.64. The summed E-state index contributed by atoms with van der Waals surface area (Å²) in [6.45, 7) is 2.00. The van der Waals surface area contributed by atoms with Gasteiger partial charge in [-0.25, -0.2) is 4.98 Å². The molecular weight excluding hydrogens is 364 g/mol. The summed E-state index contributed by atoms with van der Waals surface area (Å²) in [4.78, 5) is 23.6. The van der Waals surface area contributed by atoms with Crippen LogP contribution in [0.1, 0.15) is 29.2 Å². The molecule has 1 fully saturated rings. The number of anilines is 1. The van der Waals surface area contributed by atoms with Crippen molar-refractivity contribution >= 4 is 5.95 Å². The van der Waals surface area contributed by atoms with Gasteiger partial charge in [0.2, 0.25) is 5.95 Å². The van der Waals surface area contributed by atoms with Crippen LogP contribution in [0.4, 0.5) is 5.95 Å². The maximum absolute atomic E-state index is 12.6. The molecule has 1 aromatic carbocycles. The highest BCUT2D eigenvalue weighted by molar-refractivity contribution is 5.59. The molecule has 0 radical (unpaired) electrons. The summed E-state index contributed by atoms with van der Waals surface area (Å²) < 4.78 is 7.72. The van der Waals surface area contributed by atoms with E-state index < -0.39 is 0 Å². The molecule has 3 heterocycles. The number of fused-ring (bicyclic) bond motifs is 1. The number of benzene rings is 1. The average Bonchev–Trinajstić information content (AvgIpc) is 3.24. The van der Waals surface area contributed by atoms with Gasteiger partial charge in [-0.1, -0.05) is 18.2 Å². The van der Waals surface area contributed by atoms with Crippen molar-refractivity contribution in [3.8, 4) is 11.3 Å². The standard InChI is InChI=1S/C23H24N4O2/c1-26-22(28)14-20(17-7-9-24-10-8-17)25-23(26)27-11-12-29-21(15-27)19-6-5-16-3-2-4-18(16)13-19/h5-10,13-14,21H,2-4,11-12,15H2,1H3. The quantitative estimate of drug-likeness (QED) is 0.690. The van der Waals surface area contributed by atoms with Gasteiger partial charge in [0.05, 0.1) is 18.8 Å². The van der Waals surface area contributed by atoms with Crippen molar-refractivity contribution in [1.82, 2.24) is 14.5 Å². The van der Waals surface area contributed by atoms with Gasteiger partial charge in [-0.2, -0.15) is 0 Å². The van der Waals surface area contributed by atoms with Crippen LogP contribution < -0.4 is 10.5 Å². The first-order chi connectivity index (χ1) is 14.2. The Morgan fingerprint density at radius 3 is 2.76 bits per heavy atom. The predicted octanol–water partition coefficient (Wildman–Crippen LogP) is 2.91. The number of aromatic nitrogens is 3. The van der Waals surface area contributed by atoms with Crippen molar-refractivity contribution in [3.05, 3.63) is 75.8 Å². The van der Waals surface area contributed by atoms with Crippen LogP contribution in [0.3, 0.4) is 0 Å². The zero-order valence-corrected chi connectivity index (χ0v) is 16.5. The fraction of sp³-hybridized carbons (Fsp3) is 0.348. The van der Waals surface area contributed by atoms with E-state index in [1.165, 1.54) is 29.5 Å². The van der Waals surface area contributed by atoms with Crippen LogP contribution in [0.15, 0.2) is 53.6 Å². The highest BCUT2D eigenvalue weighted by Crippen LogP contribution is 2.30. The summed E-state index contributed by atoms with van der Waals surface area (Å²) in [5.74, 6) is 0.679. The molecule has 1 aliphatic carbocycles. The molecule has 2 aliphatic rings. The first kappa shape index (κ1) is 18.1. The second-order valence-corrected chi connectivity index (χ2v) is 7.76. The molecule has 1 atom stereocenters. The number of aryl methyl sites for hydroxylation is 2. The summed E-state index contributed by atoms with van der Waals surface area (Å²) in [6.07, 6.45) is 6.99. The fourth-order valence-corrected chi connectivity index (χ4v) is 4.31. The van der Waals surface area contributed by atoms with Gasteiger partial charge in [0.1, 0.15) is 6.10 Å². The summed E-state index contributed by atoms with van der Waals surface area (Å²) in [5.41, 5.74) is 5.63. The molecule has 2 aromatic heterocycles. The Labute approximate surface area is 169 Å². The molecule has 1 saturated heterocycles. The lowest BCUT2D eigenvalue weighted by atomic mass is 10.0. The first-order valence-electron chi connectivity index (χ1n) is 10.2. The first-order valence-corrected chi connectivity index (χ1v) is 10.2. The van der Waals surface area contributed by atoms with Crippen molar-refractivity contribution < 1.29 is 4.74 Å². The van der Waals surface area contributed by atoms with E-state index in [9.17, 15) is 4.79 Å². The second-order valence-electron chi connectivity index (χ2n) is 7.76. The molecular formula is C23H24N4O2. The number of hydrogen-bond acceptors (Lipinski definition) is 5. The molecule has 148 valence electrons. The van der Waals surface area contributed by atoms with Crippen LogP contribution in [0, 0.1) is 0 Å². The average molecular weight is 388 g/mol. The third-order valence-corrected chi connectivity index (χ3v) is 5.93. The molecule has 1 aliphatic heterocycles. The molecule has 0 N–H and O–H groups in total. The van der Waals surface area contributed by atoms with Crippen LogP contribution >= 0.6 is 0 Å². The topological polar surface area (TPSA) is 60.2 Å². The molecule has 6 nitrogen and oxygen atoms in total. The van der Waals surface area contributed by atoms with Crippen LogP contribution in [0.25, 0.3) is 11.3 Å². The summed E-state index contributed by atoms with van der Waals surface area (Å²) in [7, 11) is 1.78. The normalized spacial score (nSPS) is 18.7. The highest BCUT2D eigenvalue weighted by Gasteiger charge is 2.26. The Hall–Kier alpha value is -2.99. The molecule has 5 rings (SSSR count). The van der Waals surface area contributed by atoms with E-state index in [-0.39, 0.29) is 11.7 Å². The minimum Gasteiger partial charge on any atom is -0.370 e. The summed E-state index contributed by atoms with van der Waals surface area (Å²) in [5, 5.41) is 0. The highest BCUT2D eigenvalue weighted by atomic mass is 16.5. The van der Waals surface area contributed by atoms with E-state index in [0.29, 0.717) is 31.3 Å². The van der Waals surface area contributed by atoms with Crippen molar-refractivity contribution in [2.24, 2.45) is 7.05 Å². The zero-order chi connectivity index (χ0) is 19.8. The SMILES string of the molecule is Cn1c(N2CCOC(c3ccc4c(c3)CCC4)C2)nc(-c2ccncc2)cc1=O. The molecule has 0 bridgehead atoms. The maximum atomic E-state index is 12.6. The van der Waals surface area contributed by atoms with E-state index in [2.05, 4.69) is 28.1 Å². The Bertz CT molecular complexity index is 1090. The molecule has 1 unspecified atom stereocenters. The van der Waals surface area contributed by atoms with Gasteiger partial charge in [0.25, 0.3) is 5.56 Å². The van der Waals surface area contributed by atoms with Gasteiger partial charge < -0.3 is 9.64 Å². The van der Waals surface area contributed by atoms with Gasteiger partial charge in [0.15, 0.2) is 0 Å². The maximum Gasteiger partial charge on any atom is 0.255 e. The summed E-state index contributed by atoms with van der Waals surface area (Å²) in [6, 6.07) is 12.1. The summed E-state index contributed by atoms with van der Waals surface area (Å²) >= 11 is 0. The minimum absolute atomic E-state index is 0.0175. The van der Waals surface area contributed by atoms with Crippen molar-refractivity contribution in [3.63, 3.8) is 0 Å². The number of rotatable bonds is 3.